The van der Waals surface area contributed by atoms with Gasteiger partial charge < -0.3 is 15.0 Å². The zero-order valence-corrected chi connectivity index (χ0v) is 21.6. The number of aromatic hydroxyl groups is 1. The summed E-state index contributed by atoms with van der Waals surface area (Å²) in [6.07, 6.45) is 3.28. The van der Waals surface area contributed by atoms with E-state index in [2.05, 4.69) is 10.0 Å². The van der Waals surface area contributed by atoms with Crippen molar-refractivity contribution in [1.82, 2.24) is 4.57 Å². The fraction of sp³-hybridized carbons (Fsp3) is 0.320. The highest BCUT2D eigenvalue weighted by molar-refractivity contribution is 7.94. The van der Waals surface area contributed by atoms with Crippen molar-refractivity contribution in [1.29, 1.82) is 0 Å². The van der Waals surface area contributed by atoms with Gasteiger partial charge in [-0.05, 0) is 55.2 Å². The summed E-state index contributed by atoms with van der Waals surface area (Å²) in [5, 5.41) is 14.8. The Labute approximate surface area is 213 Å². The van der Waals surface area contributed by atoms with Gasteiger partial charge in [0.25, 0.3) is 5.56 Å². The van der Waals surface area contributed by atoms with Crippen LogP contribution in [0.3, 0.4) is 0 Å². The van der Waals surface area contributed by atoms with Crippen molar-refractivity contribution in [2.24, 2.45) is 5.92 Å². The fourth-order valence-corrected chi connectivity index (χ4v) is 6.99. The third kappa shape index (κ3) is 4.95. The molecule has 37 heavy (non-hydrogen) atoms. The van der Waals surface area contributed by atoms with Crippen LogP contribution in [0.5, 0.6) is 5.75 Å². The molecule has 1 aliphatic carbocycles. The predicted molar refractivity (Wildman–Crippen MR) is 140 cm³/mol. The standard InChI is InChI=1S/C25H26FN3O6S2/c1-2-11-37(34,35)28-17-6-7-19-22(13-17)36(32,33)14-20(27-19)23-24(30)18-12-16(26)5-8-21(18)29(25(23)31)10-9-15-3-4-15/h5-8,12-15,27-28,30H,2-4,9-11H2,1H3. The summed E-state index contributed by atoms with van der Waals surface area (Å²) in [6.45, 7) is 2.06. The fourth-order valence-electron chi connectivity index (χ4n) is 4.53. The monoisotopic (exact) mass is 547 g/mol. The zero-order valence-electron chi connectivity index (χ0n) is 20.0. The lowest BCUT2D eigenvalue weighted by molar-refractivity contribution is 0.475. The Balaban J connectivity index is 1.61. The van der Waals surface area contributed by atoms with E-state index in [0.717, 1.165) is 30.7 Å². The number of benzene rings is 2. The summed E-state index contributed by atoms with van der Waals surface area (Å²) < 4.78 is 68.6. The second-order valence-electron chi connectivity index (χ2n) is 9.41. The summed E-state index contributed by atoms with van der Waals surface area (Å²) in [4.78, 5) is 13.4. The van der Waals surface area contributed by atoms with Crippen LogP contribution >= 0.6 is 0 Å². The Hall–Kier alpha value is -3.38. The van der Waals surface area contributed by atoms with Gasteiger partial charge in [0.15, 0.2) is 0 Å². The van der Waals surface area contributed by atoms with E-state index in [-0.39, 0.29) is 38.7 Å². The van der Waals surface area contributed by atoms with Crippen LogP contribution in [0.1, 0.15) is 38.2 Å². The van der Waals surface area contributed by atoms with E-state index >= 15 is 0 Å². The van der Waals surface area contributed by atoms with E-state index in [4.69, 9.17) is 0 Å². The number of pyridine rings is 1. The van der Waals surface area contributed by atoms with Gasteiger partial charge in [0, 0.05) is 17.6 Å². The van der Waals surface area contributed by atoms with Crippen molar-refractivity contribution in [3.8, 4) is 5.75 Å². The molecule has 9 nitrogen and oxygen atoms in total. The number of aromatic nitrogens is 1. The normalized spacial score (nSPS) is 16.6. The number of hydrogen-bond acceptors (Lipinski definition) is 7. The first kappa shape index (κ1) is 25.3. The average Bonchev–Trinajstić information content (AvgIpc) is 3.64. The molecule has 1 aromatic heterocycles. The van der Waals surface area contributed by atoms with E-state index in [1.165, 1.54) is 34.9 Å². The van der Waals surface area contributed by atoms with Crippen LogP contribution in [0.25, 0.3) is 16.6 Å². The number of sulfonamides is 1. The molecule has 12 heteroatoms. The third-order valence-electron chi connectivity index (χ3n) is 6.50. The number of rotatable bonds is 8. The third-order valence-corrected chi connectivity index (χ3v) is 9.49. The number of aryl methyl sites for hydroxylation is 1. The molecule has 2 aromatic carbocycles. The first-order valence-corrected chi connectivity index (χ1v) is 15.1. The second-order valence-corrected chi connectivity index (χ2v) is 13.0. The molecule has 2 heterocycles. The summed E-state index contributed by atoms with van der Waals surface area (Å²) in [5.41, 5.74) is -0.480. The molecule has 0 saturated heterocycles. The van der Waals surface area contributed by atoms with Gasteiger partial charge in [-0.2, -0.15) is 0 Å². The van der Waals surface area contributed by atoms with Crippen LogP contribution in [0, 0.1) is 11.7 Å². The number of anilines is 2. The van der Waals surface area contributed by atoms with E-state index in [1.807, 2.05) is 0 Å². The second kappa shape index (κ2) is 9.18. The maximum absolute atomic E-state index is 14.1. The molecular formula is C25H26FN3O6S2. The number of hydrogen-bond donors (Lipinski definition) is 3. The largest absolute Gasteiger partial charge is 0.506 e. The summed E-state index contributed by atoms with van der Waals surface area (Å²) in [7, 11) is -7.78. The Kier molecular flexibility index (Phi) is 6.27. The van der Waals surface area contributed by atoms with Crippen molar-refractivity contribution in [2.45, 2.75) is 44.0 Å². The van der Waals surface area contributed by atoms with Crippen molar-refractivity contribution in [3.05, 3.63) is 63.5 Å². The Morgan fingerprint density at radius 1 is 1.19 bits per heavy atom. The molecule has 196 valence electrons. The van der Waals surface area contributed by atoms with Gasteiger partial charge in [-0.3, -0.25) is 9.52 Å². The zero-order chi connectivity index (χ0) is 26.5. The summed E-state index contributed by atoms with van der Waals surface area (Å²) in [6, 6.07) is 7.73. The molecule has 0 atom stereocenters. The van der Waals surface area contributed by atoms with E-state index in [0.29, 0.717) is 24.4 Å². The van der Waals surface area contributed by atoms with Gasteiger partial charge in [-0.15, -0.1) is 0 Å². The molecule has 1 saturated carbocycles. The Bertz CT molecular complexity index is 1730. The highest BCUT2D eigenvalue weighted by atomic mass is 32.2. The number of sulfone groups is 1. The molecule has 0 bridgehead atoms. The lowest BCUT2D eigenvalue weighted by Crippen LogP contribution is -2.27. The number of nitrogens with zero attached hydrogens (tertiary/aromatic N) is 1. The highest BCUT2D eigenvalue weighted by Gasteiger charge is 2.30. The molecule has 0 spiro atoms. The smallest absolute Gasteiger partial charge is 0.264 e. The van der Waals surface area contributed by atoms with Gasteiger partial charge >= 0.3 is 0 Å². The van der Waals surface area contributed by atoms with Crippen LogP contribution in [0.15, 0.2) is 51.5 Å². The van der Waals surface area contributed by atoms with Crippen LogP contribution in [-0.4, -0.2) is 32.3 Å². The maximum Gasteiger partial charge on any atom is 0.264 e. The van der Waals surface area contributed by atoms with Crippen LogP contribution in [-0.2, 0) is 26.4 Å². The summed E-state index contributed by atoms with van der Waals surface area (Å²) >= 11 is 0. The van der Waals surface area contributed by atoms with Crippen molar-refractivity contribution >= 4 is 47.8 Å². The Morgan fingerprint density at radius 3 is 2.65 bits per heavy atom. The number of nitrogens with one attached hydrogen (secondary N) is 2. The maximum atomic E-state index is 14.1. The van der Waals surface area contributed by atoms with Gasteiger partial charge in [-0.25, -0.2) is 21.2 Å². The van der Waals surface area contributed by atoms with Gasteiger partial charge in [-0.1, -0.05) is 19.8 Å². The van der Waals surface area contributed by atoms with Gasteiger partial charge in [0.05, 0.1) is 33.0 Å². The number of fused-ring (bicyclic) bond motifs is 2. The molecule has 1 aliphatic heterocycles. The van der Waals surface area contributed by atoms with Crippen LogP contribution in [0.2, 0.25) is 0 Å². The van der Waals surface area contributed by atoms with Crippen LogP contribution in [0.4, 0.5) is 15.8 Å². The molecule has 3 aromatic rings. The van der Waals surface area contributed by atoms with E-state index < -0.39 is 37.0 Å². The molecule has 0 amide bonds. The first-order valence-electron chi connectivity index (χ1n) is 11.9. The minimum absolute atomic E-state index is 0.0842. The topological polar surface area (TPSA) is 135 Å². The molecule has 3 N–H and O–H groups in total. The van der Waals surface area contributed by atoms with Crippen molar-refractivity contribution < 1.29 is 26.3 Å². The van der Waals surface area contributed by atoms with Crippen LogP contribution < -0.4 is 15.6 Å². The SMILES string of the molecule is CCCS(=O)(=O)Nc1ccc2c(c1)S(=O)(=O)C=C(c1c(O)c3cc(F)ccc3n(CCC3CC3)c1=O)N2. The molecule has 5 rings (SSSR count). The van der Waals surface area contributed by atoms with Gasteiger partial charge in [0.2, 0.25) is 19.9 Å². The highest BCUT2D eigenvalue weighted by Crippen LogP contribution is 2.39. The van der Waals surface area contributed by atoms with Crippen molar-refractivity contribution in [3.63, 3.8) is 0 Å². The minimum Gasteiger partial charge on any atom is -0.506 e. The van der Waals surface area contributed by atoms with E-state index in [9.17, 15) is 31.1 Å². The quantitative estimate of drug-likeness (QED) is 0.388. The number of halogens is 1. The minimum atomic E-state index is -4.15. The van der Waals surface area contributed by atoms with Crippen molar-refractivity contribution in [2.75, 3.05) is 15.8 Å². The molecule has 0 radical (unpaired) electrons. The lowest BCUT2D eigenvalue weighted by Gasteiger charge is -2.22. The average molecular weight is 548 g/mol. The first-order chi connectivity index (χ1) is 17.5. The lowest BCUT2D eigenvalue weighted by atomic mass is 10.1. The van der Waals surface area contributed by atoms with E-state index in [1.54, 1.807) is 6.92 Å². The Morgan fingerprint density at radius 2 is 1.95 bits per heavy atom. The predicted octanol–water partition coefficient (Wildman–Crippen LogP) is 4.00. The van der Waals surface area contributed by atoms with Gasteiger partial charge in [0.1, 0.15) is 17.1 Å². The summed E-state index contributed by atoms with van der Waals surface area (Å²) in [5.74, 6) is -0.747. The molecule has 0 unspecified atom stereocenters. The molecule has 2 aliphatic rings. The molecule has 1 fully saturated rings. The molecular weight excluding hydrogens is 521 g/mol.